The maximum absolute atomic E-state index is 9.37. The van der Waals surface area contributed by atoms with Crippen molar-refractivity contribution in [1.82, 2.24) is 0 Å². The molecule has 0 saturated heterocycles. The fourth-order valence-corrected chi connectivity index (χ4v) is 2.41. The van der Waals surface area contributed by atoms with Crippen LogP contribution in [0.25, 0.3) is 0 Å². The van der Waals surface area contributed by atoms with Crippen LogP contribution in [0.5, 0.6) is 11.5 Å². The summed E-state index contributed by atoms with van der Waals surface area (Å²) in [5.74, 6) is 2.03. The Bertz CT molecular complexity index is 564. The maximum Gasteiger partial charge on any atom is 0.133 e. The van der Waals surface area contributed by atoms with Crippen LogP contribution in [0.15, 0.2) is 46.9 Å². The van der Waals surface area contributed by atoms with Crippen molar-refractivity contribution in [3.63, 3.8) is 0 Å². The third-order valence-corrected chi connectivity index (χ3v) is 3.98. The molecule has 1 atom stereocenters. The summed E-state index contributed by atoms with van der Waals surface area (Å²) in [5.41, 5.74) is 2.09. The molecule has 20 heavy (non-hydrogen) atoms. The van der Waals surface area contributed by atoms with Gasteiger partial charge in [0, 0.05) is 10.0 Å². The lowest BCUT2D eigenvalue weighted by Gasteiger charge is -2.12. The molecule has 0 aromatic heterocycles. The first-order valence-electron chi connectivity index (χ1n) is 6.81. The number of aliphatic hydroxyl groups excluding tert-OH is 1. The molecule has 0 aliphatic heterocycles. The van der Waals surface area contributed by atoms with Crippen molar-refractivity contribution in [2.45, 2.75) is 32.8 Å². The molecule has 0 aliphatic rings. The Morgan fingerprint density at radius 3 is 2.45 bits per heavy atom. The molecule has 2 aromatic rings. The highest BCUT2D eigenvalue weighted by Crippen LogP contribution is 2.29. The fraction of sp³-hybridized carbons (Fsp3) is 0.294. The zero-order chi connectivity index (χ0) is 14.5. The second-order valence-electron chi connectivity index (χ2n) is 4.89. The van der Waals surface area contributed by atoms with Gasteiger partial charge in [0.15, 0.2) is 0 Å². The molecular weight excluding hydrogens is 316 g/mol. The number of ether oxygens (including phenoxy) is 1. The average Bonchev–Trinajstić information content (AvgIpc) is 2.49. The number of hydrogen-bond donors (Lipinski definition) is 1. The van der Waals surface area contributed by atoms with E-state index in [0.717, 1.165) is 22.2 Å². The highest BCUT2D eigenvalue weighted by atomic mass is 79.9. The first-order chi connectivity index (χ1) is 9.63. The molecule has 0 bridgehead atoms. The molecule has 0 aliphatic carbocycles. The molecule has 2 rings (SSSR count). The normalized spacial score (nSPS) is 12.2. The van der Waals surface area contributed by atoms with E-state index in [9.17, 15) is 5.11 Å². The summed E-state index contributed by atoms with van der Waals surface area (Å²) in [5, 5.41) is 9.37. The zero-order valence-electron chi connectivity index (χ0n) is 11.8. The van der Waals surface area contributed by atoms with Crippen molar-refractivity contribution >= 4 is 15.9 Å². The lowest BCUT2D eigenvalue weighted by Crippen LogP contribution is -1.93. The van der Waals surface area contributed by atoms with E-state index in [1.54, 1.807) is 0 Å². The summed E-state index contributed by atoms with van der Waals surface area (Å²) < 4.78 is 6.77. The molecule has 2 aromatic carbocycles. The summed E-state index contributed by atoms with van der Waals surface area (Å²) in [4.78, 5) is 0. The van der Waals surface area contributed by atoms with Crippen LogP contribution in [-0.4, -0.2) is 5.11 Å². The van der Waals surface area contributed by atoms with Crippen molar-refractivity contribution in [3.8, 4) is 11.5 Å². The predicted octanol–water partition coefficient (Wildman–Crippen LogP) is 5.25. The first-order valence-corrected chi connectivity index (χ1v) is 7.60. The van der Waals surface area contributed by atoms with Crippen LogP contribution < -0.4 is 4.74 Å². The molecule has 1 N–H and O–H groups in total. The Balaban J connectivity index is 2.18. The largest absolute Gasteiger partial charge is 0.457 e. The Labute approximate surface area is 128 Å². The van der Waals surface area contributed by atoms with E-state index in [1.165, 1.54) is 5.56 Å². The van der Waals surface area contributed by atoms with E-state index in [-0.39, 0.29) is 6.61 Å². The SMILES string of the molecule is CCC(C)c1ccc(Oc2ccc(Br)cc2CO)cc1. The summed E-state index contributed by atoms with van der Waals surface area (Å²) in [6, 6.07) is 13.8. The van der Waals surface area contributed by atoms with Crippen LogP contribution in [0, 0.1) is 0 Å². The Kier molecular flexibility index (Phi) is 5.21. The van der Waals surface area contributed by atoms with Gasteiger partial charge < -0.3 is 9.84 Å². The lowest BCUT2D eigenvalue weighted by atomic mass is 9.99. The molecule has 0 heterocycles. The van der Waals surface area contributed by atoms with Gasteiger partial charge in [0.2, 0.25) is 0 Å². The first kappa shape index (κ1) is 15.1. The third kappa shape index (κ3) is 3.62. The fourth-order valence-electron chi connectivity index (χ4n) is 2.00. The molecule has 0 spiro atoms. The minimum atomic E-state index is -0.0419. The van der Waals surface area contributed by atoms with Crippen molar-refractivity contribution in [2.24, 2.45) is 0 Å². The summed E-state index contributed by atoms with van der Waals surface area (Å²) in [7, 11) is 0. The smallest absolute Gasteiger partial charge is 0.133 e. The maximum atomic E-state index is 9.37. The number of halogens is 1. The van der Waals surface area contributed by atoms with Gasteiger partial charge in [-0.1, -0.05) is 41.9 Å². The molecule has 0 saturated carbocycles. The van der Waals surface area contributed by atoms with Gasteiger partial charge in [0.05, 0.1) is 6.61 Å². The lowest BCUT2D eigenvalue weighted by molar-refractivity contribution is 0.276. The molecule has 106 valence electrons. The van der Waals surface area contributed by atoms with Gasteiger partial charge in [-0.2, -0.15) is 0 Å². The Morgan fingerprint density at radius 2 is 1.85 bits per heavy atom. The molecule has 0 fully saturated rings. The van der Waals surface area contributed by atoms with E-state index in [0.29, 0.717) is 11.7 Å². The number of rotatable bonds is 5. The summed E-state index contributed by atoms with van der Waals surface area (Å²) >= 11 is 3.39. The summed E-state index contributed by atoms with van der Waals surface area (Å²) in [6.45, 7) is 4.36. The average molecular weight is 335 g/mol. The van der Waals surface area contributed by atoms with Gasteiger partial charge in [-0.3, -0.25) is 0 Å². The molecule has 3 heteroatoms. The molecule has 1 unspecified atom stereocenters. The minimum absolute atomic E-state index is 0.0419. The van der Waals surface area contributed by atoms with Gasteiger partial charge in [-0.25, -0.2) is 0 Å². The third-order valence-electron chi connectivity index (χ3n) is 3.48. The number of aliphatic hydroxyl groups is 1. The van der Waals surface area contributed by atoms with Crippen LogP contribution >= 0.6 is 15.9 Å². The Morgan fingerprint density at radius 1 is 1.15 bits per heavy atom. The van der Waals surface area contributed by atoms with Crippen LogP contribution in [0.3, 0.4) is 0 Å². The molecule has 0 amide bonds. The van der Waals surface area contributed by atoms with E-state index in [4.69, 9.17) is 4.74 Å². The van der Waals surface area contributed by atoms with Crippen molar-refractivity contribution in [3.05, 3.63) is 58.1 Å². The van der Waals surface area contributed by atoms with Gasteiger partial charge in [0.1, 0.15) is 11.5 Å². The van der Waals surface area contributed by atoms with Crippen LogP contribution in [0.2, 0.25) is 0 Å². The van der Waals surface area contributed by atoms with E-state index < -0.39 is 0 Å². The van der Waals surface area contributed by atoms with E-state index in [1.807, 2.05) is 30.3 Å². The minimum Gasteiger partial charge on any atom is -0.457 e. The van der Waals surface area contributed by atoms with Gasteiger partial charge >= 0.3 is 0 Å². The van der Waals surface area contributed by atoms with Crippen molar-refractivity contribution < 1.29 is 9.84 Å². The number of hydrogen-bond acceptors (Lipinski definition) is 2. The molecular formula is C17H19BrO2. The highest BCUT2D eigenvalue weighted by molar-refractivity contribution is 9.10. The molecule has 0 radical (unpaired) electrons. The van der Waals surface area contributed by atoms with Crippen LogP contribution in [0.4, 0.5) is 0 Å². The van der Waals surface area contributed by atoms with Gasteiger partial charge in [0.25, 0.3) is 0 Å². The second kappa shape index (κ2) is 6.91. The van der Waals surface area contributed by atoms with Gasteiger partial charge in [-0.15, -0.1) is 0 Å². The van der Waals surface area contributed by atoms with Gasteiger partial charge in [-0.05, 0) is 48.2 Å². The predicted molar refractivity (Wildman–Crippen MR) is 85.3 cm³/mol. The van der Waals surface area contributed by atoms with Crippen LogP contribution in [0.1, 0.15) is 37.3 Å². The summed E-state index contributed by atoms with van der Waals surface area (Å²) in [6.07, 6.45) is 1.13. The quantitative estimate of drug-likeness (QED) is 0.809. The van der Waals surface area contributed by atoms with Crippen LogP contribution in [-0.2, 0) is 6.61 Å². The zero-order valence-corrected chi connectivity index (χ0v) is 13.4. The Hall–Kier alpha value is -1.32. The topological polar surface area (TPSA) is 29.5 Å². The van der Waals surface area contributed by atoms with E-state index in [2.05, 4.69) is 41.9 Å². The van der Waals surface area contributed by atoms with E-state index >= 15 is 0 Å². The standard InChI is InChI=1S/C17H19BrO2/c1-3-12(2)13-4-7-16(8-5-13)20-17-9-6-15(18)10-14(17)11-19/h4-10,12,19H,3,11H2,1-2H3. The van der Waals surface area contributed by atoms with Crippen molar-refractivity contribution in [2.75, 3.05) is 0 Å². The highest BCUT2D eigenvalue weighted by Gasteiger charge is 2.06. The monoisotopic (exact) mass is 334 g/mol. The number of benzene rings is 2. The molecule has 2 nitrogen and oxygen atoms in total. The second-order valence-corrected chi connectivity index (χ2v) is 5.81. The van der Waals surface area contributed by atoms with Crippen molar-refractivity contribution in [1.29, 1.82) is 0 Å².